The first kappa shape index (κ1) is 20.9. The molecule has 3 rings (SSSR count). The zero-order valence-corrected chi connectivity index (χ0v) is 15.8. The summed E-state index contributed by atoms with van der Waals surface area (Å²) >= 11 is 0. The second kappa shape index (κ2) is 8.27. The smallest absolute Gasteiger partial charge is 0.441 e. The number of rotatable bonds is 7. The molecule has 1 aliphatic rings. The number of benzene rings is 1. The molecule has 158 valence electrons. The fourth-order valence-electron chi connectivity index (χ4n) is 3.18. The van der Waals surface area contributed by atoms with E-state index in [0.717, 1.165) is 12.0 Å². The van der Waals surface area contributed by atoms with E-state index in [4.69, 9.17) is 4.74 Å². The van der Waals surface area contributed by atoms with Crippen molar-refractivity contribution in [1.82, 2.24) is 14.9 Å². The maximum atomic E-state index is 12.3. The summed E-state index contributed by atoms with van der Waals surface area (Å²) < 4.78 is 48.1. The van der Waals surface area contributed by atoms with Crippen LogP contribution >= 0.6 is 0 Å². The summed E-state index contributed by atoms with van der Waals surface area (Å²) in [4.78, 5) is 14.3. The number of nitrogens with zero attached hydrogens (tertiary/aromatic N) is 3. The molecule has 1 aliphatic heterocycles. The molecule has 2 heterocycles. The molecule has 0 fully saturated rings. The van der Waals surface area contributed by atoms with Gasteiger partial charge >= 0.3 is 18.2 Å². The number of halogens is 3. The van der Waals surface area contributed by atoms with Crippen LogP contribution in [0.3, 0.4) is 0 Å². The first-order valence-electron chi connectivity index (χ1n) is 9.07. The Balaban J connectivity index is 1.67. The van der Waals surface area contributed by atoms with Crippen LogP contribution in [-0.2, 0) is 13.1 Å². The topological polar surface area (TPSA) is 91.5 Å². The lowest BCUT2D eigenvalue weighted by molar-refractivity contribution is -0.389. The van der Waals surface area contributed by atoms with Gasteiger partial charge in [-0.25, -0.2) is 0 Å². The molecule has 0 bridgehead atoms. The van der Waals surface area contributed by atoms with Crippen molar-refractivity contribution in [3.05, 3.63) is 46.1 Å². The van der Waals surface area contributed by atoms with Crippen LogP contribution in [0.15, 0.2) is 30.5 Å². The van der Waals surface area contributed by atoms with Crippen LogP contribution in [0, 0.1) is 16.0 Å². The highest BCUT2D eigenvalue weighted by molar-refractivity contribution is 5.27. The monoisotopic (exact) mass is 414 g/mol. The average Bonchev–Trinajstić information content (AvgIpc) is 3.02. The van der Waals surface area contributed by atoms with Gasteiger partial charge < -0.3 is 24.9 Å². The van der Waals surface area contributed by atoms with Gasteiger partial charge in [0, 0.05) is 18.1 Å². The van der Waals surface area contributed by atoms with E-state index in [0.29, 0.717) is 19.0 Å². The minimum absolute atomic E-state index is 0.148. The highest BCUT2D eigenvalue weighted by atomic mass is 19.4. The van der Waals surface area contributed by atoms with Crippen molar-refractivity contribution in [2.45, 2.75) is 51.9 Å². The van der Waals surface area contributed by atoms with Crippen LogP contribution < -0.4 is 14.8 Å². The Bertz CT molecular complexity index is 852. The minimum Gasteiger partial charge on any atom is -0.441 e. The fourth-order valence-corrected chi connectivity index (χ4v) is 3.18. The van der Waals surface area contributed by atoms with Gasteiger partial charge in [-0.2, -0.15) is 0 Å². The Morgan fingerprint density at radius 2 is 2.07 bits per heavy atom. The molecule has 29 heavy (non-hydrogen) atoms. The number of aromatic nitrogens is 2. The minimum atomic E-state index is -4.73. The van der Waals surface area contributed by atoms with E-state index < -0.39 is 11.3 Å². The molecular weight excluding hydrogens is 393 g/mol. The van der Waals surface area contributed by atoms with Gasteiger partial charge in [0.15, 0.2) is 0 Å². The molecule has 0 radical (unpaired) electrons. The molecule has 0 aliphatic carbocycles. The second-order valence-electron chi connectivity index (χ2n) is 7.26. The summed E-state index contributed by atoms with van der Waals surface area (Å²) in [5.74, 6) is -0.223. The van der Waals surface area contributed by atoms with Crippen molar-refractivity contribution < 1.29 is 27.6 Å². The Hall–Kier alpha value is -2.82. The van der Waals surface area contributed by atoms with Gasteiger partial charge in [0.05, 0.1) is 6.04 Å². The van der Waals surface area contributed by atoms with Gasteiger partial charge in [-0.05, 0) is 35.0 Å². The van der Waals surface area contributed by atoms with E-state index in [2.05, 4.69) is 15.0 Å². The van der Waals surface area contributed by atoms with Gasteiger partial charge in [-0.15, -0.1) is 13.2 Å². The third kappa shape index (κ3) is 5.59. The third-order valence-corrected chi connectivity index (χ3v) is 4.44. The first-order valence-corrected chi connectivity index (χ1v) is 9.07. The SMILES string of the molecule is CC(C)C[C@@H]1Oc2nc([N+](=O)[O-])cn2C[C@@H]1NCc1ccc(OC(F)(F)F)cc1. The molecule has 0 spiro atoms. The molecule has 1 aromatic heterocycles. The molecule has 0 amide bonds. The van der Waals surface area contributed by atoms with Gasteiger partial charge in [0.25, 0.3) is 0 Å². The number of alkyl halides is 3. The van der Waals surface area contributed by atoms with Gasteiger partial charge in [0.2, 0.25) is 0 Å². The molecule has 2 aromatic rings. The van der Waals surface area contributed by atoms with E-state index in [1.54, 1.807) is 16.7 Å². The van der Waals surface area contributed by atoms with Crippen molar-refractivity contribution in [2.75, 3.05) is 0 Å². The van der Waals surface area contributed by atoms with Gasteiger partial charge in [-0.3, -0.25) is 4.57 Å². The lowest BCUT2D eigenvalue weighted by atomic mass is 9.98. The van der Waals surface area contributed by atoms with Crippen molar-refractivity contribution >= 4 is 5.82 Å². The maximum Gasteiger partial charge on any atom is 0.573 e. The molecule has 0 saturated heterocycles. The van der Waals surface area contributed by atoms with Gasteiger partial charge in [0.1, 0.15) is 18.1 Å². The van der Waals surface area contributed by atoms with E-state index in [1.165, 1.54) is 18.3 Å². The predicted octanol–water partition coefficient (Wildman–Crippen LogP) is 3.66. The highest BCUT2D eigenvalue weighted by Gasteiger charge is 2.35. The van der Waals surface area contributed by atoms with Crippen LogP contribution in [0.1, 0.15) is 25.8 Å². The highest BCUT2D eigenvalue weighted by Crippen LogP contribution is 2.27. The maximum absolute atomic E-state index is 12.3. The van der Waals surface area contributed by atoms with Crippen molar-refractivity contribution in [2.24, 2.45) is 5.92 Å². The summed E-state index contributed by atoms with van der Waals surface area (Å²) in [5.41, 5.74) is 0.769. The summed E-state index contributed by atoms with van der Waals surface area (Å²) in [6.07, 6.45) is -2.92. The molecule has 1 N–H and O–H groups in total. The van der Waals surface area contributed by atoms with E-state index in [-0.39, 0.29) is 29.7 Å². The fraction of sp³-hybridized carbons (Fsp3) is 0.500. The molecule has 8 nitrogen and oxygen atoms in total. The Morgan fingerprint density at radius 1 is 1.38 bits per heavy atom. The van der Waals surface area contributed by atoms with Crippen LogP contribution in [0.5, 0.6) is 11.8 Å². The van der Waals surface area contributed by atoms with Crippen molar-refractivity contribution in [1.29, 1.82) is 0 Å². The Labute approximate surface area is 164 Å². The summed E-state index contributed by atoms with van der Waals surface area (Å²) in [5, 5.41) is 14.3. The summed E-state index contributed by atoms with van der Waals surface area (Å²) in [7, 11) is 0. The number of hydrogen-bond donors (Lipinski definition) is 1. The van der Waals surface area contributed by atoms with E-state index >= 15 is 0 Å². The Kier molecular flexibility index (Phi) is 5.96. The molecule has 0 unspecified atom stereocenters. The number of hydrogen-bond acceptors (Lipinski definition) is 6. The summed E-state index contributed by atoms with van der Waals surface area (Å²) in [6.45, 7) is 4.91. The number of fused-ring (bicyclic) bond motifs is 1. The summed E-state index contributed by atoms with van der Waals surface area (Å²) in [6, 6.07) is 5.67. The Morgan fingerprint density at radius 3 is 2.66 bits per heavy atom. The number of nitrogens with one attached hydrogen (secondary N) is 1. The number of nitro groups is 1. The second-order valence-corrected chi connectivity index (χ2v) is 7.26. The molecular formula is C18H21F3N4O4. The van der Waals surface area contributed by atoms with Crippen molar-refractivity contribution in [3.8, 4) is 11.8 Å². The van der Waals surface area contributed by atoms with Crippen LogP contribution in [0.25, 0.3) is 0 Å². The van der Waals surface area contributed by atoms with Crippen LogP contribution in [0.4, 0.5) is 19.0 Å². The number of ether oxygens (including phenoxy) is 2. The van der Waals surface area contributed by atoms with Gasteiger partial charge in [-0.1, -0.05) is 26.0 Å². The normalized spacial score (nSPS) is 19.0. The first-order chi connectivity index (χ1) is 13.6. The zero-order chi connectivity index (χ0) is 21.2. The lowest BCUT2D eigenvalue weighted by Gasteiger charge is -2.32. The van der Waals surface area contributed by atoms with Crippen LogP contribution in [0.2, 0.25) is 0 Å². The largest absolute Gasteiger partial charge is 0.573 e. The molecule has 1 aromatic carbocycles. The van der Waals surface area contributed by atoms with E-state index in [9.17, 15) is 23.3 Å². The predicted molar refractivity (Wildman–Crippen MR) is 96.5 cm³/mol. The quantitative estimate of drug-likeness (QED) is 0.549. The number of imidazole rings is 1. The standard InChI is InChI=1S/C18H21F3N4O4/c1-11(2)7-15-14(9-24-10-16(25(26)27)23-17(24)28-15)22-8-12-3-5-13(6-4-12)29-18(19,20)21/h3-6,10-11,14-15,22H,7-9H2,1-2H3/t14-,15-/m0/s1. The molecule has 0 saturated carbocycles. The molecule has 2 atom stereocenters. The molecule has 11 heteroatoms. The van der Waals surface area contributed by atoms with E-state index in [1.807, 2.05) is 13.8 Å². The zero-order valence-electron chi connectivity index (χ0n) is 15.8. The lowest BCUT2D eigenvalue weighted by Crippen LogP contribution is -2.49. The van der Waals surface area contributed by atoms with Crippen molar-refractivity contribution in [3.63, 3.8) is 0 Å². The average molecular weight is 414 g/mol. The van der Waals surface area contributed by atoms with Crippen LogP contribution in [-0.4, -0.2) is 33.0 Å². The third-order valence-electron chi connectivity index (χ3n) is 4.44.